The molecule has 0 aromatic carbocycles. The molecule has 2 aliphatic rings. The highest BCUT2D eigenvalue weighted by molar-refractivity contribution is 6.33. The lowest BCUT2D eigenvalue weighted by molar-refractivity contribution is 0.261. The van der Waals surface area contributed by atoms with Gasteiger partial charge in [0.1, 0.15) is 5.69 Å². The quantitative estimate of drug-likeness (QED) is 0.922. The summed E-state index contributed by atoms with van der Waals surface area (Å²) in [5.74, 6) is 0.603. The lowest BCUT2D eigenvalue weighted by atomic mass is 9.85. The van der Waals surface area contributed by atoms with E-state index in [1.807, 2.05) is 11.9 Å². The molecule has 5 nitrogen and oxygen atoms in total. The van der Waals surface area contributed by atoms with Crippen molar-refractivity contribution >= 4 is 17.3 Å². The second-order valence-corrected chi connectivity index (χ2v) is 6.64. The second-order valence-electron chi connectivity index (χ2n) is 6.24. The van der Waals surface area contributed by atoms with E-state index in [0.717, 1.165) is 32.5 Å². The summed E-state index contributed by atoms with van der Waals surface area (Å²) in [5, 5.41) is 8.05. The maximum atomic E-state index is 12.7. The Kier molecular flexibility index (Phi) is 4.50. The van der Waals surface area contributed by atoms with Gasteiger partial charge in [-0.25, -0.2) is 4.68 Å². The first-order valence-corrected chi connectivity index (χ1v) is 8.24. The molecule has 0 amide bonds. The van der Waals surface area contributed by atoms with Crippen LogP contribution in [0.3, 0.4) is 0 Å². The first kappa shape index (κ1) is 14.9. The molecule has 0 radical (unpaired) electrons. The largest absolute Gasteiger partial charge is 0.365 e. The number of nitrogens with one attached hydrogen (secondary N) is 1. The zero-order chi connectivity index (χ0) is 14.8. The summed E-state index contributed by atoms with van der Waals surface area (Å²) >= 11 is 6.26. The molecular formula is C15H23ClN4O. The number of piperidine rings is 1. The van der Waals surface area contributed by atoms with E-state index in [2.05, 4.69) is 10.4 Å². The van der Waals surface area contributed by atoms with E-state index < -0.39 is 0 Å². The van der Waals surface area contributed by atoms with Gasteiger partial charge >= 0.3 is 0 Å². The Hall–Kier alpha value is -1.07. The number of aromatic nitrogens is 2. The third-order valence-corrected chi connectivity index (χ3v) is 5.08. The Morgan fingerprint density at radius 3 is 2.86 bits per heavy atom. The van der Waals surface area contributed by atoms with Gasteiger partial charge in [-0.05, 0) is 38.1 Å². The third kappa shape index (κ3) is 3.09. The summed E-state index contributed by atoms with van der Waals surface area (Å²) in [5.41, 5.74) is 0.544. The summed E-state index contributed by atoms with van der Waals surface area (Å²) < 4.78 is 1.60. The van der Waals surface area contributed by atoms with Crippen LogP contribution in [0.1, 0.15) is 32.1 Å². The van der Waals surface area contributed by atoms with Crippen molar-refractivity contribution in [2.45, 2.75) is 44.7 Å². The van der Waals surface area contributed by atoms with E-state index in [0.29, 0.717) is 22.7 Å². The Morgan fingerprint density at radius 1 is 1.43 bits per heavy atom. The maximum absolute atomic E-state index is 12.7. The van der Waals surface area contributed by atoms with Crippen molar-refractivity contribution in [3.05, 3.63) is 21.6 Å². The van der Waals surface area contributed by atoms with Gasteiger partial charge in [0.25, 0.3) is 5.56 Å². The van der Waals surface area contributed by atoms with Crippen LogP contribution in [-0.2, 0) is 6.54 Å². The van der Waals surface area contributed by atoms with Gasteiger partial charge in [0.2, 0.25) is 0 Å². The molecule has 1 aliphatic heterocycles. The molecule has 1 aromatic heterocycles. The number of rotatable bonds is 4. The third-order valence-electron chi connectivity index (χ3n) is 4.80. The van der Waals surface area contributed by atoms with Gasteiger partial charge in [0, 0.05) is 26.2 Å². The summed E-state index contributed by atoms with van der Waals surface area (Å²) in [7, 11) is 1.97. The minimum absolute atomic E-state index is 0.0533. The van der Waals surface area contributed by atoms with Gasteiger partial charge in [-0.1, -0.05) is 18.0 Å². The van der Waals surface area contributed by atoms with Gasteiger partial charge in [0.05, 0.1) is 11.2 Å². The molecule has 1 aromatic rings. The minimum atomic E-state index is -0.0533. The zero-order valence-electron chi connectivity index (χ0n) is 12.5. The van der Waals surface area contributed by atoms with Crippen molar-refractivity contribution in [3.8, 4) is 0 Å². The summed E-state index contributed by atoms with van der Waals surface area (Å²) in [6, 6.07) is 0.323. The molecule has 1 atom stereocenters. The van der Waals surface area contributed by atoms with Crippen molar-refractivity contribution in [1.29, 1.82) is 0 Å². The molecule has 1 saturated heterocycles. The van der Waals surface area contributed by atoms with E-state index in [1.165, 1.54) is 19.3 Å². The van der Waals surface area contributed by atoms with Gasteiger partial charge in [0.15, 0.2) is 0 Å². The Labute approximate surface area is 130 Å². The monoisotopic (exact) mass is 310 g/mol. The molecule has 1 aliphatic carbocycles. The van der Waals surface area contributed by atoms with E-state index >= 15 is 0 Å². The van der Waals surface area contributed by atoms with E-state index in [9.17, 15) is 4.79 Å². The molecule has 2 heterocycles. The van der Waals surface area contributed by atoms with Crippen molar-refractivity contribution in [3.63, 3.8) is 0 Å². The second kappa shape index (κ2) is 6.36. The maximum Gasteiger partial charge on any atom is 0.291 e. The summed E-state index contributed by atoms with van der Waals surface area (Å²) in [4.78, 5) is 14.7. The van der Waals surface area contributed by atoms with Crippen LogP contribution in [0.25, 0.3) is 0 Å². The molecule has 3 rings (SSSR count). The lowest BCUT2D eigenvalue weighted by Crippen LogP contribution is -2.46. The molecular weight excluding hydrogens is 288 g/mol. The number of hydrogen-bond donors (Lipinski definition) is 1. The van der Waals surface area contributed by atoms with Crippen LogP contribution in [-0.4, -0.2) is 36.0 Å². The van der Waals surface area contributed by atoms with Crippen LogP contribution in [0.4, 0.5) is 5.69 Å². The molecule has 1 saturated carbocycles. The number of nitrogens with zero attached hydrogens (tertiary/aromatic N) is 3. The first-order valence-electron chi connectivity index (χ1n) is 7.86. The standard InChI is InChI=1S/C15H23ClN4O/c1-19(12-6-3-7-17-8-12)14-13(16)9-18-20(15(14)21)10-11-4-2-5-11/h9,11-12,17H,2-8,10H2,1H3. The number of halogens is 1. The van der Waals surface area contributed by atoms with E-state index in [1.54, 1.807) is 10.9 Å². The van der Waals surface area contributed by atoms with Crippen molar-refractivity contribution in [2.24, 2.45) is 5.92 Å². The molecule has 0 spiro atoms. The fourth-order valence-electron chi connectivity index (χ4n) is 3.17. The van der Waals surface area contributed by atoms with Crippen LogP contribution < -0.4 is 15.8 Å². The van der Waals surface area contributed by atoms with Crippen LogP contribution in [0.2, 0.25) is 5.02 Å². The number of anilines is 1. The number of likely N-dealkylation sites (N-methyl/N-ethyl adjacent to an activating group) is 1. The van der Waals surface area contributed by atoms with Crippen LogP contribution in [0.5, 0.6) is 0 Å². The van der Waals surface area contributed by atoms with Gasteiger partial charge < -0.3 is 10.2 Å². The Balaban J connectivity index is 1.85. The zero-order valence-corrected chi connectivity index (χ0v) is 13.3. The highest BCUT2D eigenvalue weighted by Gasteiger charge is 2.25. The summed E-state index contributed by atoms with van der Waals surface area (Å²) in [6.07, 6.45) is 7.51. The smallest absolute Gasteiger partial charge is 0.291 e. The highest BCUT2D eigenvalue weighted by Crippen LogP contribution is 2.28. The molecule has 6 heteroatoms. The Morgan fingerprint density at radius 2 is 2.24 bits per heavy atom. The van der Waals surface area contributed by atoms with Gasteiger partial charge in [-0.15, -0.1) is 0 Å². The minimum Gasteiger partial charge on any atom is -0.365 e. The molecule has 2 fully saturated rings. The van der Waals surface area contributed by atoms with Crippen LogP contribution in [0.15, 0.2) is 11.0 Å². The van der Waals surface area contributed by atoms with Gasteiger partial charge in [-0.3, -0.25) is 4.79 Å². The average molecular weight is 311 g/mol. The number of hydrogen-bond acceptors (Lipinski definition) is 4. The topological polar surface area (TPSA) is 50.2 Å². The first-order chi connectivity index (χ1) is 10.2. The highest BCUT2D eigenvalue weighted by atomic mass is 35.5. The molecule has 1 N–H and O–H groups in total. The molecule has 21 heavy (non-hydrogen) atoms. The fourth-order valence-corrected chi connectivity index (χ4v) is 3.43. The fraction of sp³-hybridized carbons (Fsp3) is 0.733. The summed E-state index contributed by atoms with van der Waals surface area (Å²) in [6.45, 7) is 2.68. The SMILES string of the molecule is CN(c1c(Cl)cnn(CC2CCC2)c1=O)C1CCCNC1. The van der Waals surface area contributed by atoms with Crippen LogP contribution >= 0.6 is 11.6 Å². The Bertz CT molecular complexity index is 549. The van der Waals surface area contributed by atoms with Gasteiger partial charge in [-0.2, -0.15) is 5.10 Å². The van der Waals surface area contributed by atoms with Crippen molar-refractivity contribution < 1.29 is 0 Å². The van der Waals surface area contributed by atoms with Crippen molar-refractivity contribution in [1.82, 2.24) is 15.1 Å². The van der Waals surface area contributed by atoms with E-state index in [-0.39, 0.29) is 5.56 Å². The molecule has 0 bridgehead atoms. The van der Waals surface area contributed by atoms with Crippen molar-refractivity contribution in [2.75, 3.05) is 25.0 Å². The predicted molar refractivity (Wildman–Crippen MR) is 85.1 cm³/mol. The van der Waals surface area contributed by atoms with E-state index in [4.69, 9.17) is 11.6 Å². The molecule has 116 valence electrons. The molecule has 1 unspecified atom stereocenters. The predicted octanol–water partition coefficient (Wildman–Crippen LogP) is 1.88. The normalized spacial score (nSPS) is 22.9. The lowest BCUT2D eigenvalue weighted by Gasteiger charge is -2.33. The average Bonchev–Trinajstić information content (AvgIpc) is 2.45. The van der Waals surface area contributed by atoms with Crippen LogP contribution in [0, 0.1) is 5.92 Å².